The van der Waals surface area contributed by atoms with Crippen molar-refractivity contribution < 1.29 is 29.0 Å². The van der Waals surface area contributed by atoms with Gasteiger partial charge in [0.1, 0.15) is 5.60 Å². The lowest BCUT2D eigenvalue weighted by atomic mass is 9.86. The minimum Gasteiger partial charge on any atom is -0.444 e. The molecule has 1 aliphatic heterocycles. The second kappa shape index (κ2) is 9.64. The number of hydrogen-bond acceptors (Lipinski definition) is 4. The first-order valence-electron chi connectivity index (χ1n) is 9.85. The van der Waals surface area contributed by atoms with Gasteiger partial charge in [-0.25, -0.2) is 4.79 Å². The zero-order valence-electron chi connectivity index (χ0n) is 18.1. The lowest BCUT2D eigenvalue weighted by molar-refractivity contribution is -0.275. The van der Waals surface area contributed by atoms with Crippen molar-refractivity contribution in [1.29, 1.82) is 0 Å². The molecule has 186 valence electrons. The van der Waals surface area contributed by atoms with Crippen LogP contribution in [0.25, 0.3) is 0 Å². The molecule has 1 aliphatic rings. The van der Waals surface area contributed by atoms with Gasteiger partial charge in [0, 0.05) is 25.0 Å². The summed E-state index contributed by atoms with van der Waals surface area (Å²) >= 11 is 24.0. The van der Waals surface area contributed by atoms with Crippen molar-refractivity contribution in [3.63, 3.8) is 0 Å². The average molecular weight is 560 g/mol. The smallest absolute Gasteiger partial charge is 0.435 e. The zero-order valence-corrected chi connectivity index (χ0v) is 21.1. The van der Waals surface area contributed by atoms with Crippen LogP contribution in [0.4, 0.5) is 18.0 Å². The summed E-state index contributed by atoms with van der Waals surface area (Å²) in [6.45, 7) is 5.13. The molecule has 1 atom stereocenters. The third kappa shape index (κ3) is 5.67. The molecular weight excluding hydrogens is 539 g/mol. The van der Waals surface area contributed by atoms with Crippen molar-refractivity contribution in [2.24, 2.45) is 5.16 Å². The molecule has 2 aromatic carbocycles. The zero-order chi connectivity index (χ0) is 25.5. The summed E-state index contributed by atoms with van der Waals surface area (Å²) in [5, 5.41) is 6.22. The van der Waals surface area contributed by atoms with E-state index in [1.807, 2.05) is 0 Å². The van der Waals surface area contributed by atoms with Gasteiger partial charge in [-0.15, -0.1) is 0 Å². The molecule has 1 unspecified atom stereocenters. The number of benzene rings is 2. The predicted octanol–water partition coefficient (Wildman–Crippen LogP) is 8.15. The van der Waals surface area contributed by atoms with Gasteiger partial charge in [-0.2, -0.15) is 13.2 Å². The fourth-order valence-corrected chi connectivity index (χ4v) is 4.00. The molecule has 1 heterocycles. The van der Waals surface area contributed by atoms with Crippen LogP contribution in [0, 0.1) is 0 Å². The Morgan fingerprint density at radius 1 is 1.12 bits per heavy atom. The summed E-state index contributed by atoms with van der Waals surface area (Å²) < 4.78 is 47.9. The Hall–Kier alpha value is -1.87. The minimum atomic E-state index is -4.85. The summed E-state index contributed by atoms with van der Waals surface area (Å²) in [4.78, 5) is 17.0. The van der Waals surface area contributed by atoms with Crippen LogP contribution in [0.5, 0.6) is 0 Å². The number of halogens is 7. The van der Waals surface area contributed by atoms with Crippen LogP contribution >= 0.6 is 46.4 Å². The molecule has 3 rings (SSSR count). The molecule has 0 bridgehead atoms. The first kappa shape index (κ1) is 26.7. The molecule has 0 spiro atoms. The van der Waals surface area contributed by atoms with E-state index in [1.165, 1.54) is 18.2 Å². The Balaban J connectivity index is 0.00000432. The van der Waals surface area contributed by atoms with Crippen LogP contribution in [0.15, 0.2) is 35.5 Å². The maximum absolute atomic E-state index is 14.2. The predicted molar refractivity (Wildman–Crippen MR) is 128 cm³/mol. The molecule has 1 N–H and O–H groups in total. The molecular formula is C22H21Cl4F3N2O3. The van der Waals surface area contributed by atoms with Crippen molar-refractivity contribution >= 4 is 58.2 Å². The lowest BCUT2D eigenvalue weighted by Gasteiger charge is -2.30. The fourth-order valence-electron chi connectivity index (χ4n) is 3.22. The van der Waals surface area contributed by atoms with E-state index < -0.39 is 29.9 Å². The van der Waals surface area contributed by atoms with E-state index in [0.717, 1.165) is 12.1 Å². The maximum Gasteiger partial charge on any atom is 0.435 e. The standard InChI is InChI=1S/C22H19Cl4F3N2O3.H2/c1-20(2,3)33-19(32)30-10-12-6-11(4-5-14(12)23)17-9-21(34-31-17,22(27,28)29)13-7-15(24)18(26)16(25)8-13;/h4-8H,9-10H2,1-3H3,(H,30,32);1H. The summed E-state index contributed by atoms with van der Waals surface area (Å²) in [5.74, 6) is 0. The molecule has 0 radical (unpaired) electrons. The van der Waals surface area contributed by atoms with Gasteiger partial charge in [-0.3, -0.25) is 0 Å². The first-order chi connectivity index (χ1) is 15.6. The van der Waals surface area contributed by atoms with Gasteiger partial charge in [0.2, 0.25) is 0 Å². The van der Waals surface area contributed by atoms with E-state index in [4.69, 9.17) is 56.0 Å². The number of alkyl halides is 3. The van der Waals surface area contributed by atoms with Crippen LogP contribution in [0.3, 0.4) is 0 Å². The second-order valence-corrected chi connectivity index (χ2v) is 10.1. The number of amides is 1. The normalized spacial score (nSPS) is 18.4. The Morgan fingerprint density at radius 3 is 2.29 bits per heavy atom. The number of hydrogen-bond donors (Lipinski definition) is 1. The highest BCUT2D eigenvalue weighted by Crippen LogP contribution is 2.50. The molecule has 12 heteroatoms. The fraction of sp³-hybridized carbons (Fsp3) is 0.364. The van der Waals surface area contributed by atoms with E-state index >= 15 is 0 Å². The monoisotopic (exact) mass is 558 g/mol. The van der Waals surface area contributed by atoms with Crippen LogP contribution < -0.4 is 5.32 Å². The van der Waals surface area contributed by atoms with Crippen LogP contribution in [0.2, 0.25) is 20.1 Å². The molecule has 0 aliphatic carbocycles. The molecule has 34 heavy (non-hydrogen) atoms. The quantitative estimate of drug-likeness (QED) is 0.384. The molecule has 2 aromatic rings. The van der Waals surface area contributed by atoms with E-state index in [2.05, 4.69) is 10.5 Å². The number of carbonyl (C=O) groups is 1. The van der Waals surface area contributed by atoms with Gasteiger partial charge in [-0.05, 0) is 56.2 Å². The number of nitrogens with zero attached hydrogens (tertiary/aromatic N) is 1. The second-order valence-electron chi connectivity index (χ2n) is 8.55. The van der Waals surface area contributed by atoms with E-state index in [1.54, 1.807) is 20.8 Å². The highest BCUT2D eigenvalue weighted by atomic mass is 35.5. The first-order valence-corrected chi connectivity index (χ1v) is 11.4. The van der Waals surface area contributed by atoms with Crippen molar-refractivity contribution in [2.45, 2.75) is 51.1 Å². The number of nitrogens with one attached hydrogen (secondary N) is 1. The van der Waals surface area contributed by atoms with Gasteiger partial charge in [-0.1, -0.05) is 57.6 Å². The largest absolute Gasteiger partial charge is 0.444 e. The molecule has 1 amide bonds. The average Bonchev–Trinajstić information content (AvgIpc) is 3.16. The van der Waals surface area contributed by atoms with E-state index in [-0.39, 0.29) is 34.3 Å². The number of rotatable bonds is 4. The number of carbonyl (C=O) groups excluding carboxylic acids is 1. The van der Waals surface area contributed by atoms with Gasteiger partial charge >= 0.3 is 12.3 Å². The van der Waals surface area contributed by atoms with Gasteiger partial charge in [0.25, 0.3) is 5.60 Å². The maximum atomic E-state index is 14.2. The lowest BCUT2D eigenvalue weighted by Crippen LogP contribution is -2.42. The molecule has 0 saturated carbocycles. The summed E-state index contributed by atoms with van der Waals surface area (Å²) in [7, 11) is 0. The molecule has 0 fully saturated rings. The molecule has 0 aromatic heterocycles. The van der Waals surface area contributed by atoms with E-state index in [9.17, 15) is 18.0 Å². The van der Waals surface area contributed by atoms with Crippen LogP contribution in [-0.4, -0.2) is 23.6 Å². The van der Waals surface area contributed by atoms with Crippen molar-refractivity contribution in [3.8, 4) is 0 Å². The third-order valence-electron chi connectivity index (χ3n) is 4.84. The van der Waals surface area contributed by atoms with Gasteiger partial charge in [0.05, 0.1) is 20.8 Å². The number of alkyl carbamates (subject to hydrolysis) is 1. The molecule has 5 nitrogen and oxygen atoms in total. The van der Waals surface area contributed by atoms with E-state index in [0.29, 0.717) is 16.1 Å². The van der Waals surface area contributed by atoms with Crippen LogP contribution in [0.1, 0.15) is 45.3 Å². The van der Waals surface area contributed by atoms with Crippen molar-refractivity contribution in [2.75, 3.05) is 0 Å². The summed E-state index contributed by atoms with van der Waals surface area (Å²) in [5.41, 5.74) is -3.03. The summed E-state index contributed by atoms with van der Waals surface area (Å²) in [6.07, 6.45) is -6.17. The highest BCUT2D eigenvalue weighted by molar-refractivity contribution is 6.48. The highest BCUT2D eigenvalue weighted by Gasteiger charge is 2.62. The minimum absolute atomic E-state index is 0. The Bertz CT molecular complexity index is 1130. The van der Waals surface area contributed by atoms with Crippen molar-refractivity contribution in [1.82, 2.24) is 5.32 Å². The Kier molecular flexibility index (Phi) is 7.58. The summed E-state index contributed by atoms with van der Waals surface area (Å²) in [6, 6.07) is 6.64. The topological polar surface area (TPSA) is 59.9 Å². The third-order valence-corrected chi connectivity index (χ3v) is 6.40. The SMILES string of the molecule is CC(C)(C)OC(=O)NCc1cc(C2=NOC(c3cc(Cl)c(Cl)c(Cl)c3)(C(F)(F)F)C2)ccc1Cl.[HH]. The Labute approximate surface area is 215 Å². The van der Waals surface area contributed by atoms with Crippen molar-refractivity contribution in [3.05, 3.63) is 67.1 Å². The molecule has 0 saturated heterocycles. The van der Waals surface area contributed by atoms with Gasteiger partial charge < -0.3 is 14.9 Å². The number of oxime groups is 1. The Morgan fingerprint density at radius 2 is 1.74 bits per heavy atom. The number of ether oxygens (including phenoxy) is 1. The van der Waals surface area contributed by atoms with Gasteiger partial charge in [0.15, 0.2) is 0 Å². The van der Waals surface area contributed by atoms with Crippen LogP contribution in [-0.2, 0) is 21.7 Å².